The van der Waals surface area contributed by atoms with Gasteiger partial charge in [0.05, 0.1) is 13.0 Å². The zero-order valence-corrected chi connectivity index (χ0v) is 13.2. The fourth-order valence-electron chi connectivity index (χ4n) is 2.77. The van der Waals surface area contributed by atoms with Gasteiger partial charge in [0, 0.05) is 16.1 Å². The average Bonchev–Trinajstić information content (AvgIpc) is 2.69. The molecule has 0 spiro atoms. The number of rotatable bonds is 3. The molecule has 3 nitrogen and oxygen atoms in total. The quantitative estimate of drug-likeness (QED) is 0.867. The van der Waals surface area contributed by atoms with Crippen LogP contribution < -0.4 is 5.32 Å². The number of ether oxygens (including phenoxy) is 1. The van der Waals surface area contributed by atoms with E-state index in [1.807, 2.05) is 24.3 Å². The third-order valence-corrected chi connectivity index (χ3v) is 4.22. The molecule has 1 aromatic rings. The van der Waals surface area contributed by atoms with Crippen LogP contribution in [0.2, 0.25) is 0 Å². The van der Waals surface area contributed by atoms with Gasteiger partial charge in [-0.25, -0.2) is 0 Å². The summed E-state index contributed by atoms with van der Waals surface area (Å²) in [4.78, 5) is 12.1. The van der Waals surface area contributed by atoms with Crippen molar-refractivity contribution in [2.24, 2.45) is 0 Å². The molecular formula is C15H20BrNO2. The van der Waals surface area contributed by atoms with Crippen molar-refractivity contribution in [2.45, 2.75) is 44.2 Å². The normalized spacial score (nSPS) is 23.1. The molecule has 2 atom stereocenters. The minimum atomic E-state index is -0.246. The van der Waals surface area contributed by atoms with Crippen LogP contribution in [0.3, 0.4) is 0 Å². The number of carbonyl (C=O) groups excluding carboxylic acids is 1. The number of methoxy groups -OCH3 is 1. The van der Waals surface area contributed by atoms with Crippen molar-refractivity contribution in [1.29, 1.82) is 0 Å². The zero-order valence-electron chi connectivity index (χ0n) is 11.6. The molecule has 1 heterocycles. The van der Waals surface area contributed by atoms with Gasteiger partial charge in [0.15, 0.2) is 0 Å². The van der Waals surface area contributed by atoms with E-state index in [0.717, 1.165) is 22.9 Å². The molecule has 19 heavy (non-hydrogen) atoms. The first-order valence-electron chi connectivity index (χ1n) is 6.54. The maximum absolute atomic E-state index is 12.1. The molecule has 1 N–H and O–H groups in total. The summed E-state index contributed by atoms with van der Waals surface area (Å²) in [7, 11) is 1.45. The Balaban J connectivity index is 2.29. The highest BCUT2D eigenvalue weighted by Gasteiger charge is 2.39. The molecular weight excluding hydrogens is 306 g/mol. The van der Waals surface area contributed by atoms with E-state index < -0.39 is 0 Å². The monoisotopic (exact) mass is 325 g/mol. The minimum Gasteiger partial charge on any atom is -0.469 e. The van der Waals surface area contributed by atoms with Crippen LogP contribution in [0.5, 0.6) is 0 Å². The highest BCUT2D eigenvalue weighted by molar-refractivity contribution is 9.10. The van der Waals surface area contributed by atoms with Crippen LogP contribution in [-0.4, -0.2) is 24.7 Å². The molecule has 1 aliphatic heterocycles. The largest absolute Gasteiger partial charge is 0.469 e. The number of hydrogen-bond acceptors (Lipinski definition) is 3. The van der Waals surface area contributed by atoms with Gasteiger partial charge in [-0.2, -0.15) is 0 Å². The second kappa shape index (κ2) is 5.63. The maximum Gasteiger partial charge on any atom is 0.314 e. The molecule has 0 bridgehead atoms. The highest BCUT2D eigenvalue weighted by atomic mass is 79.9. The molecule has 1 saturated heterocycles. The van der Waals surface area contributed by atoms with Gasteiger partial charge < -0.3 is 10.1 Å². The van der Waals surface area contributed by atoms with Crippen molar-refractivity contribution < 1.29 is 9.53 Å². The van der Waals surface area contributed by atoms with Crippen LogP contribution >= 0.6 is 15.9 Å². The molecule has 0 aliphatic carbocycles. The second-order valence-corrected chi connectivity index (χ2v) is 6.64. The van der Waals surface area contributed by atoms with E-state index in [-0.39, 0.29) is 23.5 Å². The lowest BCUT2D eigenvalue weighted by atomic mass is 9.90. The third kappa shape index (κ3) is 3.37. The Hall–Kier alpha value is -0.870. The van der Waals surface area contributed by atoms with E-state index in [4.69, 9.17) is 4.74 Å². The number of nitrogens with one attached hydrogen (secondary N) is 1. The smallest absolute Gasteiger partial charge is 0.314 e. The Morgan fingerprint density at radius 1 is 1.53 bits per heavy atom. The van der Waals surface area contributed by atoms with Crippen molar-refractivity contribution in [1.82, 2.24) is 5.32 Å². The lowest BCUT2D eigenvalue weighted by molar-refractivity contribution is -0.143. The predicted octanol–water partition coefficient (Wildman–Crippen LogP) is 3.24. The van der Waals surface area contributed by atoms with Crippen LogP contribution in [0.25, 0.3) is 0 Å². The molecule has 1 fully saturated rings. The third-order valence-electron chi connectivity index (χ3n) is 3.72. The highest BCUT2D eigenvalue weighted by Crippen LogP contribution is 2.33. The predicted molar refractivity (Wildman–Crippen MR) is 79.1 cm³/mol. The minimum absolute atomic E-state index is 0.0863. The van der Waals surface area contributed by atoms with Crippen LogP contribution in [0.15, 0.2) is 28.7 Å². The first-order valence-corrected chi connectivity index (χ1v) is 7.33. The fraction of sp³-hybridized carbons (Fsp3) is 0.533. The molecule has 0 unspecified atom stereocenters. The Bertz CT molecular complexity index is 473. The molecule has 4 heteroatoms. The first-order chi connectivity index (χ1) is 8.93. The number of esters is 1. The molecule has 0 radical (unpaired) electrons. The summed E-state index contributed by atoms with van der Waals surface area (Å²) >= 11 is 3.46. The van der Waals surface area contributed by atoms with Crippen LogP contribution in [0.1, 0.15) is 38.2 Å². The van der Waals surface area contributed by atoms with Crippen molar-refractivity contribution in [3.63, 3.8) is 0 Å². The number of benzene rings is 1. The Morgan fingerprint density at radius 3 is 2.79 bits per heavy atom. The van der Waals surface area contributed by atoms with Crippen molar-refractivity contribution in [3.05, 3.63) is 34.3 Å². The molecule has 0 aromatic heterocycles. The zero-order chi connectivity index (χ0) is 14.0. The lowest BCUT2D eigenvalue weighted by Gasteiger charge is -2.25. The summed E-state index contributed by atoms with van der Waals surface area (Å²) in [6, 6.07) is 8.03. The number of halogens is 1. The number of carbonyl (C=O) groups is 1. The summed E-state index contributed by atoms with van der Waals surface area (Å²) in [6.07, 6.45) is 2.05. The molecule has 0 saturated carbocycles. The van der Waals surface area contributed by atoms with Crippen molar-refractivity contribution in [2.75, 3.05) is 7.11 Å². The van der Waals surface area contributed by atoms with E-state index in [9.17, 15) is 4.79 Å². The van der Waals surface area contributed by atoms with Gasteiger partial charge in [-0.05, 0) is 44.4 Å². The van der Waals surface area contributed by atoms with E-state index in [1.54, 1.807) is 0 Å². The molecule has 104 valence electrons. The van der Waals surface area contributed by atoms with Gasteiger partial charge in [-0.15, -0.1) is 0 Å². The summed E-state index contributed by atoms with van der Waals surface area (Å²) in [5.74, 6) is -0.419. The average molecular weight is 326 g/mol. The van der Waals surface area contributed by atoms with Crippen molar-refractivity contribution in [3.8, 4) is 0 Å². The Kier molecular flexibility index (Phi) is 4.31. The first kappa shape index (κ1) is 14.5. The van der Waals surface area contributed by atoms with E-state index in [1.165, 1.54) is 7.11 Å². The van der Waals surface area contributed by atoms with E-state index in [0.29, 0.717) is 0 Å². The van der Waals surface area contributed by atoms with Crippen LogP contribution in [-0.2, 0) is 9.53 Å². The lowest BCUT2D eigenvalue weighted by Crippen LogP contribution is -2.42. The van der Waals surface area contributed by atoms with Crippen LogP contribution in [0.4, 0.5) is 0 Å². The SMILES string of the molecule is COC(=O)[C@H](c1cccc(Br)c1)[C@@H]1CCC(C)(C)N1. The van der Waals surface area contributed by atoms with Gasteiger partial charge in [0.25, 0.3) is 0 Å². The van der Waals surface area contributed by atoms with E-state index >= 15 is 0 Å². The molecule has 2 rings (SSSR count). The summed E-state index contributed by atoms with van der Waals surface area (Å²) in [5, 5.41) is 3.55. The second-order valence-electron chi connectivity index (χ2n) is 5.73. The summed E-state index contributed by atoms with van der Waals surface area (Å²) in [6.45, 7) is 4.34. The maximum atomic E-state index is 12.1. The fourth-order valence-corrected chi connectivity index (χ4v) is 3.19. The molecule has 1 aromatic carbocycles. The standard InChI is InChI=1S/C15H20BrNO2/c1-15(2)8-7-12(17-15)13(14(18)19-3)10-5-4-6-11(16)9-10/h4-6,9,12-13,17H,7-8H2,1-3H3/t12-,13+/m0/s1. The van der Waals surface area contributed by atoms with Gasteiger partial charge in [-0.3, -0.25) is 4.79 Å². The Labute approximate surface area is 122 Å². The topological polar surface area (TPSA) is 38.3 Å². The van der Waals surface area contributed by atoms with Crippen LogP contribution in [0, 0.1) is 0 Å². The Morgan fingerprint density at radius 2 is 2.26 bits per heavy atom. The molecule has 0 amide bonds. The van der Waals surface area contributed by atoms with Gasteiger partial charge in [0.2, 0.25) is 0 Å². The van der Waals surface area contributed by atoms with Gasteiger partial charge >= 0.3 is 5.97 Å². The summed E-state index contributed by atoms with van der Waals surface area (Å²) in [5.41, 5.74) is 1.08. The number of hydrogen-bond donors (Lipinski definition) is 1. The van der Waals surface area contributed by atoms with Gasteiger partial charge in [-0.1, -0.05) is 28.1 Å². The molecule has 1 aliphatic rings. The van der Waals surface area contributed by atoms with Gasteiger partial charge in [0.1, 0.15) is 0 Å². The summed E-state index contributed by atoms with van der Waals surface area (Å²) < 4.78 is 5.98. The van der Waals surface area contributed by atoms with Crippen molar-refractivity contribution >= 4 is 21.9 Å². The van der Waals surface area contributed by atoms with E-state index in [2.05, 4.69) is 35.1 Å².